The fourth-order valence-electron chi connectivity index (χ4n) is 2.52. The van der Waals surface area contributed by atoms with Gasteiger partial charge in [-0.25, -0.2) is 0 Å². The Hall–Kier alpha value is -1.14. The maximum Gasteiger partial charge on any atom is 0.245 e. The molecular formula is C12H18N2O4. The van der Waals surface area contributed by atoms with Crippen molar-refractivity contribution in [2.24, 2.45) is 5.92 Å². The van der Waals surface area contributed by atoms with Crippen molar-refractivity contribution in [3.8, 4) is 0 Å². The first-order valence-corrected chi connectivity index (χ1v) is 6.51. The molecule has 1 N–H and O–H groups in total. The van der Waals surface area contributed by atoms with Crippen LogP contribution in [0, 0.1) is 5.92 Å². The van der Waals surface area contributed by atoms with Crippen LogP contribution in [-0.4, -0.2) is 61.8 Å². The average molecular weight is 254 g/mol. The average Bonchev–Trinajstić information content (AvgIpc) is 3.19. The summed E-state index contributed by atoms with van der Waals surface area (Å²) in [6.45, 7) is 2.26. The van der Waals surface area contributed by atoms with E-state index in [1.165, 1.54) is 0 Å². The highest BCUT2D eigenvalue weighted by atomic mass is 16.6. The molecule has 1 aliphatic carbocycles. The van der Waals surface area contributed by atoms with E-state index < -0.39 is 0 Å². The van der Waals surface area contributed by atoms with Gasteiger partial charge in [0.2, 0.25) is 11.8 Å². The van der Waals surface area contributed by atoms with Crippen molar-refractivity contribution in [2.75, 3.05) is 32.9 Å². The van der Waals surface area contributed by atoms with Gasteiger partial charge in [0.1, 0.15) is 6.04 Å². The fraction of sp³-hybridized carbons (Fsp3) is 0.833. The second kappa shape index (κ2) is 4.85. The standard InChI is InChI=1S/C12H18N2O4/c15-10-6-14(5-9-7-17-3-4-18-9)12(16)11(13-10)8-1-2-8/h8-9,11H,1-7H2,(H,13,15). The Balaban J connectivity index is 1.62. The molecule has 2 heterocycles. The zero-order chi connectivity index (χ0) is 12.5. The van der Waals surface area contributed by atoms with Crippen molar-refractivity contribution in [2.45, 2.75) is 25.0 Å². The summed E-state index contributed by atoms with van der Waals surface area (Å²) in [6.07, 6.45) is 1.97. The van der Waals surface area contributed by atoms with Crippen LogP contribution < -0.4 is 5.32 Å². The summed E-state index contributed by atoms with van der Waals surface area (Å²) >= 11 is 0. The summed E-state index contributed by atoms with van der Waals surface area (Å²) in [4.78, 5) is 25.5. The molecule has 0 aromatic rings. The molecule has 6 nitrogen and oxygen atoms in total. The maximum absolute atomic E-state index is 12.2. The minimum Gasteiger partial charge on any atom is -0.376 e. The van der Waals surface area contributed by atoms with Crippen molar-refractivity contribution in [1.29, 1.82) is 0 Å². The second-order valence-corrected chi connectivity index (χ2v) is 5.17. The lowest BCUT2D eigenvalue weighted by Gasteiger charge is -2.35. The predicted molar refractivity (Wildman–Crippen MR) is 61.8 cm³/mol. The number of carbonyl (C=O) groups is 2. The zero-order valence-corrected chi connectivity index (χ0v) is 10.3. The third-order valence-electron chi connectivity index (χ3n) is 3.63. The highest BCUT2D eigenvalue weighted by Crippen LogP contribution is 2.34. The lowest BCUT2D eigenvalue weighted by molar-refractivity contribution is -0.150. The lowest BCUT2D eigenvalue weighted by Crippen LogP contribution is -2.60. The van der Waals surface area contributed by atoms with Gasteiger partial charge in [-0.1, -0.05) is 0 Å². The van der Waals surface area contributed by atoms with Gasteiger partial charge in [-0.2, -0.15) is 0 Å². The molecule has 2 unspecified atom stereocenters. The van der Waals surface area contributed by atoms with E-state index in [4.69, 9.17) is 9.47 Å². The van der Waals surface area contributed by atoms with Crippen LogP contribution in [0.2, 0.25) is 0 Å². The highest BCUT2D eigenvalue weighted by molar-refractivity contribution is 5.95. The lowest BCUT2D eigenvalue weighted by atomic mass is 10.1. The van der Waals surface area contributed by atoms with E-state index in [1.54, 1.807) is 4.90 Å². The van der Waals surface area contributed by atoms with E-state index in [9.17, 15) is 9.59 Å². The van der Waals surface area contributed by atoms with E-state index in [0.29, 0.717) is 32.3 Å². The summed E-state index contributed by atoms with van der Waals surface area (Å²) < 4.78 is 10.8. The Morgan fingerprint density at radius 3 is 2.78 bits per heavy atom. The summed E-state index contributed by atoms with van der Waals surface area (Å²) in [5.41, 5.74) is 0. The molecule has 2 amide bonds. The highest BCUT2D eigenvalue weighted by Gasteiger charge is 2.43. The fourth-order valence-corrected chi connectivity index (χ4v) is 2.52. The topological polar surface area (TPSA) is 67.9 Å². The Morgan fingerprint density at radius 2 is 2.11 bits per heavy atom. The number of hydrogen-bond donors (Lipinski definition) is 1. The molecule has 1 saturated carbocycles. The molecule has 6 heteroatoms. The van der Waals surface area contributed by atoms with Crippen molar-refractivity contribution in [3.63, 3.8) is 0 Å². The number of ether oxygens (including phenoxy) is 2. The Bertz CT molecular complexity index is 350. The van der Waals surface area contributed by atoms with Gasteiger partial charge in [-0.05, 0) is 18.8 Å². The first kappa shape index (κ1) is 11.9. The summed E-state index contributed by atoms with van der Waals surface area (Å²) in [5.74, 6) is 0.308. The predicted octanol–water partition coefficient (Wildman–Crippen LogP) is -0.861. The monoisotopic (exact) mass is 254 g/mol. The molecule has 2 aliphatic heterocycles. The van der Waals surface area contributed by atoms with E-state index >= 15 is 0 Å². The smallest absolute Gasteiger partial charge is 0.245 e. The van der Waals surface area contributed by atoms with Gasteiger partial charge < -0.3 is 19.7 Å². The number of nitrogens with one attached hydrogen (secondary N) is 1. The van der Waals surface area contributed by atoms with Crippen LogP contribution in [-0.2, 0) is 19.1 Å². The molecule has 0 spiro atoms. The van der Waals surface area contributed by atoms with Crippen LogP contribution >= 0.6 is 0 Å². The molecule has 3 aliphatic rings. The molecule has 2 atom stereocenters. The second-order valence-electron chi connectivity index (χ2n) is 5.17. The van der Waals surface area contributed by atoms with Crippen molar-refractivity contribution in [1.82, 2.24) is 10.2 Å². The summed E-state index contributed by atoms with van der Waals surface area (Å²) in [5, 5.41) is 2.79. The summed E-state index contributed by atoms with van der Waals surface area (Å²) in [7, 11) is 0. The molecule has 0 radical (unpaired) electrons. The van der Waals surface area contributed by atoms with E-state index in [0.717, 1.165) is 12.8 Å². The van der Waals surface area contributed by atoms with Crippen LogP contribution in [0.4, 0.5) is 0 Å². The van der Waals surface area contributed by atoms with Crippen LogP contribution in [0.25, 0.3) is 0 Å². The van der Waals surface area contributed by atoms with Crippen LogP contribution in [0.3, 0.4) is 0 Å². The van der Waals surface area contributed by atoms with Gasteiger partial charge in [0.15, 0.2) is 0 Å². The molecule has 2 saturated heterocycles. The Morgan fingerprint density at radius 1 is 1.28 bits per heavy atom. The molecule has 3 fully saturated rings. The Kier molecular flexibility index (Phi) is 3.22. The zero-order valence-electron chi connectivity index (χ0n) is 10.3. The normalized spacial score (nSPS) is 33.4. The molecular weight excluding hydrogens is 236 g/mol. The first-order valence-electron chi connectivity index (χ1n) is 6.51. The van der Waals surface area contributed by atoms with Gasteiger partial charge in [0.25, 0.3) is 0 Å². The minimum absolute atomic E-state index is 0.0336. The first-order chi connectivity index (χ1) is 8.74. The van der Waals surface area contributed by atoms with Gasteiger partial charge >= 0.3 is 0 Å². The van der Waals surface area contributed by atoms with E-state index in [1.807, 2.05) is 0 Å². The van der Waals surface area contributed by atoms with E-state index in [2.05, 4.69) is 5.32 Å². The number of carbonyl (C=O) groups excluding carboxylic acids is 2. The Labute approximate surface area is 106 Å². The molecule has 0 bridgehead atoms. The molecule has 100 valence electrons. The van der Waals surface area contributed by atoms with Gasteiger partial charge in [-0.3, -0.25) is 9.59 Å². The van der Waals surface area contributed by atoms with Crippen molar-refractivity contribution in [3.05, 3.63) is 0 Å². The minimum atomic E-state index is -0.309. The van der Waals surface area contributed by atoms with Gasteiger partial charge in [0, 0.05) is 6.54 Å². The number of piperazine rings is 1. The van der Waals surface area contributed by atoms with Crippen molar-refractivity contribution < 1.29 is 19.1 Å². The van der Waals surface area contributed by atoms with Crippen LogP contribution in [0.1, 0.15) is 12.8 Å². The SMILES string of the molecule is O=C1CN(CC2COCCO2)C(=O)C(C2CC2)N1. The third-order valence-corrected chi connectivity index (χ3v) is 3.63. The third kappa shape index (κ3) is 2.49. The molecule has 0 aromatic carbocycles. The number of hydrogen-bond acceptors (Lipinski definition) is 4. The van der Waals surface area contributed by atoms with Crippen LogP contribution in [0.15, 0.2) is 0 Å². The van der Waals surface area contributed by atoms with Crippen LogP contribution in [0.5, 0.6) is 0 Å². The van der Waals surface area contributed by atoms with Gasteiger partial charge in [-0.15, -0.1) is 0 Å². The molecule has 0 aromatic heterocycles. The maximum atomic E-state index is 12.2. The molecule has 18 heavy (non-hydrogen) atoms. The van der Waals surface area contributed by atoms with Crippen molar-refractivity contribution >= 4 is 11.8 Å². The van der Waals surface area contributed by atoms with E-state index in [-0.39, 0.29) is 30.5 Å². The van der Waals surface area contributed by atoms with Gasteiger partial charge in [0.05, 0.1) is 32.5 Å². The number of rotatable bonds is 3. The largest absolute Gasteiger partial charge is 0.376 e. The molecule has 3 rings (SSSR count). The quantitative estimate of drug-likeness (QED) is 0.711. The summed E-state index contributed by atoms with van der Waals surface area (Å²) in [6, 6.07) is -0.309. The number of nitrogens with zero attached hydrogens (tertiary/aromatic N) is 1. The number of amides is 2.